The molecule has 0 spiro atoms. The van der Waals surface area contributed by atoms with Crippen molar-refractivity contribution < 1.29 is 9.21 Å². The van der Waals surface area contributed by atoms with Crippen LogP contribution in [0.1, 0.15) is 29.9 Å². The van der Waals surface area contributed by atoms with Crippen LogP contribution in [0.5, 0.6) is 0 Å². The van der Waals surface area contributed by atoms with Gasteiger partial charge in [-0.1, -0.05) is 6.07 Å². The third kappa shape index (κ3) is 3.45. The third-order valence-electron chi connectivity index (χ3n) is 4.95. The summed E-state index contributed by atoms with van der Waals surface area (Å²) in [4.78, 5) is 22.8. The number of H-pyrrole nitrogens is 1. The van der Waals surface area contributed by atoms with Crippen LogP contribution in [0, 0.1) is 19.8 Å². The molecular formula is C20H24N4O2. The monoisotopic (exact) mass is 352 g/mol. The highest BCUT2D eigenvalue weighted by atomic mass is 16.3. The molecule has 6 nitrogen and oxygen atoms in total. The summed E-state index contributed by atoms with van der Waals surface area (Å²) >= 11 is 0. The van der Waals surface area contributed by atoms with E-state index in [2.05, 4.69) is 34.3 Å². The zero-order valence-corrected chi connectivity index (χ0v) is 15.2. The lowest BCUT2D eigenvalue weighted by molar-refractivity contribution is -0.125. The SMILES string of the molecule is Cc1ccc2nc(N3CCC[C@@H](C(=O)NCc4ccc(C)o4)C3)[nH]c2c1. The first-order chi connectivity index (χ1) is 12.6. The van der Waals surface area contributed by atoms with Gasteiger partial charge in [-0.3, -0.25) is 4.79 Å². The maximum Gasteiger partial charge on any atom is 0.225 e. The van der Waals surface area contributed by atoms with Gasteiger partial charge < -0.3 is 19.6 Å². The maximum atomic E-state index is 12.6. The Morgan fingerprint density at radius 1 is 1.35 bits per heavy atom. The number of hydrogen-bond donors (Lipinski definition) is 2. The molecule has 0 aliphatic carbocycles. The summed E-state index contributed by atoms with van der Waals surface area (Å²) in [5.41, 5.74) is 3.21. The molecule has 0 unspecified atom stereocenters. The Balaban J connectivity index is 1.41. The fraction of sp³-hybridized carbons (Fsp3) is 0.400. The van der Waals surface area contributed by atoms with Crippen molar-refractivity contribution in [2.45, 2.75) is 33.2 Å². The number of nitrogens with zero attached hydrogens (tertiary/aromatic N) is 2. The Labute approximate surface area is 152 Å². The molecule has 1 aliphatic rings. The smallest absolute Gasteiger partial charge is 0.225 e. The molecule has 2 N–H and O–H groups in total. The first-order valence-corrected chi connectivity index (χ1v) is 9.13. The summed E-state index contributed by atoms with van der Waals surface area (Å²) in [5, 5.41) is 3.00. The molecule has 1 atom stereocenters. The van der Waals surface area contributed by atoms with Gasteiger partial charge in [-0.2, -0.15) is 0 Å². The summed E-state index contributed by atoms with van der Waals surface area (Å²) in [7, 11) is 0. The van der Waals surface area contributed by atoms with Crippen molar-refractivity contribution in [3.05, 3.63) is 47.4 Å². The van der Waals surface area contributed by atoms with Crippen molar-refractivity contribution >= 4 is 22.9 Å². The molecule has 0 bridgehead atoms. The normalized spacial score (nSPS) is 17.6. The lowest BCUT2D eigenvalue weighted by Gasteiger charge is -2.31. The summed E-state index contributed by atoms with van der Waals surface area (Å²) in [6.07, 6.45) is 1.88. The molecular weight excluding hydrogens is 328 g/mol. The van der Waals surface area contributed by atoms with Crippen molar-refractivity contribution in [1.82, 2.24) is 15.3 Å². The van der Waals surface area contributed by atoms with E-state index in [9.17, 15) is 4.79 Å². The van der Waals surface area contributed by atoms with Crippen LogP contribution in [0.25, 0.3) is 11.0 Å². The van der Waals surface area contributed by atoms with Gasteiger partial charge in [-0.15, -0.1) is 0 Å². The minimum absolute atomic E-state index is 0.0326. The van der Waals surface area contributed by atoms with Crippen molar-refractivity contribution in [3.8, 4) is 0 Å². The Morgan fingerprint density at radius 3 is 3.04 bits per heavy atom. The predicted molar refractivity (Wildman–Crippen MR) is 101 cm³/mol. The van der Waals surface area contributed by atoms with Gasteiger partial charge >= 0.3 is 0 Å². The van der Waals surface area contributed by atoms with Gasteiger partial charge in [-0.05, 0) is 56.5 Å². The van der Waals surface area contributed by atoms with Crippen LogP contribution in [0.4, 0.5) is 5.95 Å². The van der Waals surface area contributed by atoms with Crippen LogP contribution < -0.4 is 10.2 Å². The minimum Gasteiger partial charge on any atom is -0.465 e. The largest absolute Gasteiger partial charge is 0.465 e. The molecule has 0 radical (unpaired) electrons. The Morgan fingerprint density at radius 2 is 2.23 bits per heavy atom. The molecule has 136 valence electrons. The highest BCUT2D eigenvalue weighted by Gasteiger charge is 2.27. The number of aromatic nitrogens is 2. The van der Waals surface area contributed by atoms with Crippen molar-refractivity contribution in [2.75, 3.05) is 18.0 Å². The van der Waals surface area contributed by atoms with E-state index >= 15 is 0 Å². The molecule has 6 heteroatoms. The molecule has 1 saturated heterocycles. The lowest BCUT2D eigenvalue weighted by atomic mass is 9.97. The van der Waals surface area contributed by atoms with Gasteiger partial charge in [0.2, 0.25) is 11.9 Å². The maximum absolute atomic E-state index is 12.6. The number of aryl methyl sites for hydroxylation is 2. The second kappa shape index (κ2) is 6.86. The highest BCUT2D eigenvalue weighted by Crippen LogP contribution is 2.24. The number of carbonyl (C=O) groups excluding carboxylic acids is 1. The third-order valence-corrected chi connectivity index (χ3v) is 4.95. The summed E-state index contributed by atoms with van der Waals surface area (Å²) in [6.45, 7) is 6.01. The second-order valence-corrected chi connectivity index (χ2v) is 7.10. The van der Waals surface area contributed by atoms with Gasteiger partial charge in [0, 0.05) is 13.1 Å². The van der Waals surface area contributed by atoms with Gasteiger partial charge in [0.25, 0.3) is 0 Å². The van der Waals surface area contributed by atoms with Gasteiger partial charge in [0.1, 0.15) is 11.5 Å². The van der Waals surface area contributed by atoms with Crippen LogP contribution in [0.15, 0.2) is 34.7 Å². The van der Waals surface area contributed by atoms with E-state index in [1.165, 1.54) is 5.56 Å². The zero-order chi connectivity index (χ0) is 18.1. The summed E-state index contributed by atoms with van der Waals surface area (Å²) in [6, 6.07) is 10.0. The van der Waals surface area contributed by atoms with E-state index in [0.717, 1.165) is 47.9 Å². The van der Waals surface area contributed by atoms with E-state index in [4.69, 9.17) is 9.40 Å². The van der Waals surface area contributed by atoms with E-state index < -0.39 is 0 Å². The van der Waals surface area contributed by atoms with Gasteiger partial charge in [0.05, 0.1) is 23.5 Å². The number of nitrogens with one attached hydrogen (secondary N) is 2. The molecule has 1 amide bonds. The number of rotatable bonds is 4. The summed E-state index contributed by atoms with van der Waals surface area (Å²) in [5.74, 6) is 2.55. The standard InChI is InChI=1S/C20H24N4O2/c1-13-5-8-17-18(10-13)23-20(22-17)24-9-3-4-15(12-24)19(25)21-11-16-7-6-14(2)26-16/h5-8,10,15H,3-4,9,11-12H2,1-2H3,(H,21,25)(H,22,23)/t15-/m1/s1. The first-order valence-electron chi connectivity index (χ1n) is 9.13. The van der Waals surface area contributed by atoms with Crippen LogP contribution in [0.3, 0.4) is 0 Å². The number of hydrogen-bond acceptors (Lipinski definition) is 4. The molecule has 1 aliphatic heterocycles. The topological polar surface area (TPSA) is 74.2 Å². The number of carbonyl (C=O) groups is 1. The molecule has 3 aromatic rings. The van der Waals surface area contributed by atoms with Crippen LogP contribution in [-0.4, -0.2) is 29.0 Å². The fourth-order valence-electron chi connectivity index (χ4n) is 3.54. The number of fused-ring (bicyclic) bond motifs is 1. The molecule has 2 aromatic heterocycles. The number of aromatic amines is 1. The van der Waals surface area contributed by atoms with Crippen molar-refractivity contribution in [2.24, 2.45) is 5.92 Å². The second-order valence-electron chi connectivity index (χ2n) is 7.10. The highest BCUT2D eigenvalue weighted by molar-refractivity contribution is 5.80. The van der Waals surface area contributed by atoms with Crippen molar-refractivity contribution in [1.29, 1.82) is 0 Å². The Bertz CT molecular complexity index is 927. The van der Waals surface area contributed by atoms with Gasteiger partial charge in [-0.25, -0.2) is 4.98 Å². The average Bonchev–Trinajstić information content (AvgIpc) is 3.25. The van der Waals surface area contributed by atoms with Crippen LogP contribution >= 0.6 is 0 Å². The molecule has 1 aromatic carbocycles. The van der Waals surface area contributed by atoms with E-state index in [1.54, 1.807) is 0 Å². The number of anilines is 1. The molecule has 26 heavy (non-hydrogen) atoms. The Hall–Kier alpha value is -2.76. The lowest BCUT2D eigenvalue weighted by Crippen LogP contribution is -2.43. The van der Waals surface area contributed by atoms with Crippen molar-refractivity contribution in [3.63, 3.8) is 0 Å². The molecule has 0 saturated carbocycles. The number of piperidine rings is 1. The minimum atomic E-state index is -0.0326. The first kappa shape index (κ1) is 16.7. The number of imidazole rings is 1. The van der Waals surface area contributed by atoms with E-state index in [-0.39, 0.29) is 11.8 Å². The summed E-state index contributed by atoms with van der Waals surface area (Å²) < 4.78 is 5.51. The van der Waals surface area contributed by atoms with E-state index in [0.29, 0.717) is 13.1 Å². The Kier molecular flexibility index (Phi) is 4.41. The number of benzene rings is 1. The van der Waals surface area contributed by atoms with Gasteiger partial charge in [0.15, 0.2) is 0 Å². The predicted octanol–water partition coefficient (Wildman–Crippen LogP) is 3.31. The van der Waals surface area contributed by atoms with E-state index in [1.807, 2.05) is 25.1 Å². The van der Waals surface area contributed by atoms with Crippen LogP contribution in [0.2, 0.25) is 0 Å². The molecule has 4 rings (SSSR count). The zero-order valence-electron chi connectivity index (χ0n) is 15.2. The average molecular weight is 352 g/mol. The molecule has 3 heterocycles. The fourth-order valence-corrected chi connectivity index (χ4v) is 3.54. The number of amides is 1. The molecule has 1 fully saturated rings. The van der Waals surface area contributed by atoms with Crippen LogP contribution in [-0.2, 0) is 11.3 Å². The quantitative estimate of drug-likeness (QED) is 0.755. The number of furan rings is 1.